The van der Waals surface area contributed by atoms with Crippen LogP contribution in [0.4, 0.5) is 0 Å². The van der Waals surface area contributed by atoms with Gasteiger partial charge in [-0.05, 0) is 12.8 Å². The van der Waals surface area contributed by atoms with Gasteiger partial charge in [0, 0.05) is 13.2 Å². The zero-order valence-corrected chi connectivity index (χ0v) is 6.38. The fraction of sp³-hybridized carbons (Fsp3) is 1.00. The van der Waals surface area contributed by atoms with Crippen molar-refractivity contribution < 1.29 is 9.47 Å². The van der Waals surface area contributed by atoms with E-state index in [0.29, 0.717) is 25.4 Å². The highest BCUT2D eigenvalue weighted by molar-refractivity contribution is 4.82. The van der Waals surface area contributed by atoms with Gasteiger partial charge in [0.25, 0.3) is 0 Å². The fourth-order valence-corrected chi connectivity index (χ4v) is 1.04. The molecular weight excluding hydrogens is 130 g/mol. The van der Waals surface area contributed by atoms with Crippen LogP contribution in [-0.4, -0.2) is 32.5 Å². The van der Waals surface area contributed by atoms with E-state index in [-0.39, 0.29) is 0 Å². The summed E-state index contributed by atoms with van der Waals surface area (Å²) in [7, 11) is 1.68. The van der Waals surface area contributed by atoms with Crippen LogP contribution in [-0.2, 0) is 9.47 Å². The van der Waals surface area contributed by atoms with E-state index in [2.05, 4.69) is 0 Å². The number of hydrogen-bond acceptors (Lipinski definition) is 3. The number of nitrogens with two attached hydrogens (primary N) is 1. The van der Waals surface area contributed by atoms with E-state index in [1.54, 1.807) is 7.11 Å². The van der Waals surface area contributed by atoms with Gasteiger partial charge >= 0.3 is 0 Å². The molecule has 3 heteroatoms. The van der Waals surface area contributed by atoms with Crippen molar-refractivity contribution in [2.75, 3.05) is 20.3 Å². The number of ether oxygens (including phenoxy) is 2. The molecule has 1 rings (SSSR count). The second-order valence-electron chi connectivity index (χ2n) is 2.72. The van der Waals surface area contributed by atoms with Crippen molar-refractivity contribution in [3.63, 3.8) is 0 Å². The first-order chi connectivity index (χ1) is 4.83. The Labute approximate surface area is 61.5 Å². The Kier molecular flexibility index (Phi) is 3.12. The molecule has 1 aliphatic carbocycles. The minimum Gasteiger partial charge on any atom is -0.382 e. The second-order valence-corrected chi connectivity index (χ2v) is 2.72. The molecule has 0 unspecified atom stereocenters. The molecule has 0 saturated heterocycles. The molecule has 3 nitrogen and oxygen atoms in total. The monoisotopic (exact) mass is 145 g/mol. The van der Waals surface area contributed by atoms with E-state index in [1.165, 1.54) is 0 Å². The third kappa shape index (κ3) is 2.25. The minimum atomic E-state index is 0.382. The van der Waals surface area contributed by atoms with Crippen molar-refractivity contribution in [3.8, 4) is 0 Å². The largest absolute Gasteiger partial charge is 0.382 e. The summed E-state index contributed by atoms with van der Waals surface area (Å²) in [4.78, 5) is 0. The van der Waals surface area contributed by atoms with E-state index in [0.717, 1.165) is 12.8 Å². The first-order valence-corrected chi connectivity index (χ1v) is 3.69. The summed E-state index contributed by atoms with van der Waals surface area (Å²) < 4.78 is 10.2. The lowest BCUT2D eigenvalue weighted by Gasteiger charge is -2.32. The third-order valence-corrected chi connectivity index (χ3v) is 1.77. The first-order valence-electron chi connectivity index (χ1n) is 3.69. The summed E-state index contributed by atoms with van der Waals surface area (Å²) in [6, 6.07) is 0.382. The van der Waals surface area contributed by atoms with Gasteiger partial charge in [-0.2, -0.15) is 0 Å². The molecule has 2 N–H and O–H groups in total. The van der Waals surface area contributed by atoms with E-state index >= 15 is 0 Å². The lowest BCUT2D eigenvalue weighted by Crippen LogP contribution is -2.42. The van der Waals surface area contributed by atoms with Gasteiger partial charge in [0.1, 0.15) is 0 Å². The summed E-state index contributed by atoms with van der Waals surface area (Å²) >= 11 is 0. The van der Waals surface area contributed by atoms with Gasteiger partial charge in [0.15, 0.2) is 0 Å². The lowest BCUT2D eigenvalue weighted by molar-refractivity contribution is -0.0292. The van der Waals surface area contributed by atoms with Crippen LogP contribution in [0.3, 0.4) is 0 Å². The van der Waals surface area contributed by atoms with Crippen molar-refractivity contribution in [3.05, 3.63) is 0 Å². The second kappa shape index (κ2) is 3.91. The van der Waals surface area contributed by atoms with Crippen LogP contribution >= 0.6 is 0 Å². The number of rotatable bonds is 4. The fourth-order valence-electron chi connectivity index (χ4n) is 1.04. The van der Waals surface area contributed by atoms with Crippen molar-refractivity contribution in [2.24, 2.45) is 5.73 Å². The molecule has 0 spiro atoms. The van der Waals surface area contributed by atoms with Gasteiger partial charge in [0.2, 0.25) is 0 Å². The molecule has 1 aliphatic rings. The molecule has 60 valence electrons. The molecule has 0 amide bonds. The zero-order chi connectivity index (χ0) is 7.40. The molecular formula is C7H15NO2. The van der Waals surface area contributed by atoms with Crippen LogP contribution in [0.5, 0.6) is 0 Å². The highest BCUT2D eigenvalue weighted by atomic mass is 16.5. The molecule has 0 heterocycles. The summed E-state index contributed by atoms with van der Waals surface area (Å²) in [6.07, 6.45) is 2.44. The average Bonchev–Trinajstić information content (AvgIpc) is 1.85. The Balaban J connectivity index is 1.86. The van der Waals surface area contributed by atoms with Gasteiger partial charge in [-0.25, -0.2) is 0 Å². The van der Waals surface area contributed by atoms with Crippen LogP contribution in [0.25, 0.3) is 0 Å². The van der Waals surface area contributed by atoms with Gasteiger partial charge in [-0.1, -0.05) is 0 Å². The number of hydrogen-bond donors (Lipinski definition) is 1. The van der Waals surface area contributed by atoms with Crippen molar-refractivity contribution in [1.82, 2.24) is 0 Å². The van der Waals surface area contributed by atoms with Gasteiger partial charge in [-0.3, -0.25) is 0 Å². The van der Waals surface area contributed by atoms with Crippen LogP contribution in [0.1, 0.15) is 12.8 Å². The Morgan fingerprint density at radius 1 is 1.40 bits per heavy atom. The third-order valence-electron chi connectivity index (χ3n) is 1.77. The Morgan fingerprint density at radius 2 is 2.10 bits per heavy atom. The van der Waals surface area contributed by atoms with Gasteiger partial charge in [0.05, 0.1) is 19.3 Å². The van der Waals surface area contributed by atoms with Gasteiger partial charge in [-0.15, -0.1) is 0 Å². The standard InChI is InChI=1S/C7H15NO2/c1-9-2-3-10-7-4-6(8)5-7/h6-7H,2-5,8H2,1H3. The lowest BCUT2D eigenvalue weighted by atomic mass is 9.90. The maximum absolute atomic E-state index is 5.56. The summed E-state index contributed by atoms with van der Waals surface area (Å²) in [5.41, 5.74) is 5.56. The van der Waals surface area contributed by atoms with Crippen LogP contribution < -0.4 is 5.73 Å². The molecule has 0 bridgehead atoms. The highest BCUT2D eigenvalue weighted by Crippen LogP contribution is 2.20. The molecule has 0 radical (unpaired) electrons. The van der Waals surface area contributed by atoms with Crippen LogP contribution in [0.15, 0.2) is 0 Å². The highest BCUT2D eigenvalue weighted by Gasteiger charge is 2.25. The number of methoxy groups -OCH3 is 1. The van der Waals surface area contributed by atoms with Crippen molar-refractivity contribution in [2.45, 2.75) is 25.0 Å². The summed E-state index contributed by atoms with van der Waals surface area (Å²) in [6.45, 7) is 1.39. The van der Waals surface area contributed by atoms with E-state index in [1.807, 2.05) is 0 Å². The normalized spacial score (nSPS) is 31.8. The van der Waals surface area contributed by atoms with Crippen LogP contribution in [0, 0.1) is 0 Å². The van der Waals surface area contributed by atoms with E-state index in [4.69, 9.17) is 15.2 Å². The van der Waals surface area contributed by atoms with E-state index < -0.39 is 0 Å². The molecule has 0 atom stereocenters. The predicted octanol–water partition coefficient (Wildman–Crippen LogP) is 0.139. The first kappa shape index (κ1) is 7.98. The van der Waals surface area contributed by atoms with Crippen molar-refractivity contribution in [1.29, 1.82) is 0 Å². The minimum absolute atomic E-state index is 0.382. The molecule has 1 saturated carbocycles. The molecule has 0 aromatic rings. The van der Waals surface area contributed by atoms with E-state index in [9.17, 15) is 0 Å². The summed E-state index contributed by atoms with van der Waals surface area (Å²) in [5, 5.41) is 0. The molecule has 0 aliphatic heterocycles. The summed E-state index contributed by atoms with van der Waals surface area (Å²) in [5.74, 6) is 0. The predicted molar refractivity (Wildman–Crippen MR) is 38.8 cm³/mol. The quantitative estimate of drug-likeness (QED) is 0.572. The zero-order valence-electron chi connectivity index (χ0n) is 6.38. The molecule has 0 aromatic heterocycles. The van der Waals surface area contributed by atoms with Crippen molar-refractivity contribution >= 4 is 0 Å². The smallest absolute Gasteiger partial charge is 0.0704 e. The maximum atomic E-state index is 5.56. The topological polar surface area (TPSA) is 44.5 Å². The molecule has 0 aromatic carbocycles. The maximum Gasteiger partial charge on any atom is 0.0704 e. The average molecular weight is 145 g/mol. The van der Waals surface area contributed by atoms with Crippen LogP contribution in [0.2, 0.25) is 0 Å². The Morgan fingerprint density at radius 3 is 2.60 bits per heavy atom. The SMILES string of the molecule is COCCOC1CC(N)C1. The van der Waals surface area contributed by atoms with Gasteiger partial charge < -0.3 is 15.2 Å². The molecule has 1 fully saturated rings. The Hall–Kier alpha value is -0.120. The molecule has 10 heavy (non-hydrogen) atoms. The Bertz CT molecular complexity index is 91.6.